The number of anilines is 1. The van der Waals surface area contributed by atoms with Crippen molar-refractivity contribution < 1.29 is 17.9 Å². The average molecular weight is 391 g/mol. The van der Waals surface area contributed by atoms with E-state index in [2.05, 4.69) is 5.32 Å². The number of carbonyl (C=O) groups is 1. The van der Waals surface area contributed by atoms with E-state index in [-0.39, 0.29) is 24.4 Å². The van der Waals surface area contributed by atoms with Crippen molar-refractivity contribution in [1.29, 1.82) is 0 Å². The van der Waals surface area contributed by atoms with E-state index in [0.717, 1.165) is 10.6 Å². The van der Waals surface area contributed by atoms with Gasteiger partial charge < -0.3 is 10.1 Å². The molecule has 0 unspecified atom stereocenters. The van der Waals surface area contributed by atoms with E-state index < -0.39 is 10.0 Å². The monoisotopic (exact) mass is 390 g/mol. The second kappa shape index (κ2) is 8.90. The van der Waals surface area contributed by atoms with Gasteiger partial charge in [-0.2, -0.15) is 0 Å². The van der Waals surface area contributed by atoms with Gasteiger partial charge in [0.05, 0.1) is 11.9 Å². The van der Waals surface area contributed by atoms with Gasteiger partial charge in [0, 0.05) is 6.04 Å². The van der Waals surface area contributed by atoms with Crippen LogP contribution in [0.15, 0.2) is 54.6 Å². The van der Waals surface area contributed by atoms with Crippen LogP contribution in [0.2, 0.25) is 0 Å². The first-order valence-electron chi connectivity index (χ1n) is 8.77. The molecule has 0 saturated heterocycles. The summed E-state index contributed by atoms with van der Waals surface area (Å²) in [5.74, 6) is 1.19. The molecule has 0 heterocycles. The van der Waals surface area contributed by atoms with Crippen molar-refractivity contribution in [2.75, 3.05) is 17.1 Å². The number of hydrogen-bond donors (Lipinski definition) is 1. The Morgan fingerprint density at radius 2 is 1.56 bits per heavy atom. The third kappa shape index (κ3) is 6.29. The Morgan fingerprint density at radius 1 is 1.00 bits per heavy atom. The van der Waals surface area contributed by atoms with Crippen LogP contribution in [-0.4, -0.2) is 33.2 Å². The van der Waals surface area contributed by atoms with Crippen LogP contribution in [0.1, 0.15) is 20.8 Å². The topological polar surface area (TPSA) is 75.7 Å². The fourth-order valence-electron chi connectivity index (χ4n) is 2.30. The number of sulfonamides is 1. The van der Waals surface area contributed by atoms with E-state index >= 15 is 0 Å². The third-order valence-corrected chi connectivity index (χ3v) is 5.32. The van der Waals surface area contributed by atoms with Crippen molar-refractivity contribution in [3.05, 3.63) is 54.6 Å². The molecule has 0 aliphatic heterocycles. The van der Waals surface area contributed by atoms with Crippen molar-refractivity contribution in [3.63, 3.8) is 0 Å². The van der Waals surface area contributed by atoms with Crippen molar-refractivity contribution in [2.24, 2.45) is 5.92 Å². The van der Waals surface area contributed by atoms with Gasteiger partial charge >= 0.3 is 0 Å². The number of nitrogens with zero attached hydrogens (tertiary/aromatic N) is 1. The average Bonchev–Trinajstić information content (AvgIpc) is 2.60. The van der Waals surface area contributed by atoms with E-state index in [1.165, 1.54) is 0 Å². The highest BCUT2D eigenvalue weighted by molar-refractivity contribution is 7.92. The highest BCUT2D eigenvalue weighted by Crippen LogP contribution is 2.25. The molecule has 0 aliphatic carbocycles. The SMILES string of the molecule is CC(C)[C@H](C)NC(=O)CN(c1ccc(Oc2ccccc2)cc1)S(C)(=O)=O. The zero-order chi connectivity index (χ0) is 20.0. The molecule has 2 aromatic carbocycles. The number of ether oxygens (including phenoxy) is 1. The Bertz CT molecular complexity index is 849. The first-order chi connectivity index (χ1) is 12.7. The molecule has 146 valence electrons. The number of amides is 1. The van der Waals surface area contributed by atoms with E-state index in [4.69, 9.17) is 4.74 Å². The predicted molar refractivity (Wildman–Crippen MR) is 108 cm³/mol. The van der Waals surface area contributed by atoms with Gasteiger partial charge in [-0.05, 0) is 49.2 Å². The summed E-state index contributed by atoms with van der Waals surface area (Å²) in [6.07, 6.45) is 1.08. The highest BCUT2D eigenvalue weighted by atomic mass is 32.2. The number of para-hydroxylation sites is 1. The van der Waals surface area contributed by atoms with Crippen LogP contribution < -0.4 is 14.4 Å². The summed E-state index contributed by atoms with van der Waals surface area (Å²) in [5.41, 5.74) is 0.408. The number of benzene rings is 2. The zero-order valence-electron chi connectivity index (χ0n) is 16.0. The molecule has 0 aromatic heterocycles. The Labute approximate surface area is 161 Å². The molecule has 2 aromatic rings. The summed E-state index contributed by atoms with van der Waals surface area (Å²) in [7, 11) is -3.61. The van der Waals surface area contributed by atoms with Gasteiger partial charge in [0.15, 0.2) is 0 Å². The Hall–Kier alpha value is -2.54. The van der Waals surface area contributed by atoms with Crippen LogP contribution in [0.25, 0.3) is 0 Å². The highest BCUT2D eigenvalue weighted by Gasteiger charge is 2.22. The molecule has 0 radical (unpaired) electrons. The molecule has 0 bridgehead atoms. The molecule has 6 nitrogen and oxygen atoms in total. The van der Waals surface area contributed by atoms with Crippen LogP contribution in [0, 0.1) is 5.92 Å². The molecule has 1 atom stereocenters. The lowest BCUT2D eigenvalue weighted by molar-refractivity contribution is -0.120. The molecule has 2 rings (SSSR count). The van der Waals surface area contributed by atoms with Gasteiger partial charge in [0.1, 0.15) is 18.0 Å². The van der Waals surface area contributed by atoms with E-state index in [0.29, 0.717) is 17.2 Å². The Morgan fingerprint density at radius 3 is 2.07 bits per heavy atom. The van der Waals surface area contributed by atoms with Crippen LogP contribution >= 0.6 is 0 Å². The molecular weight excluding hydrogens is 364 g/mol. The van der Waals surface area contributed by atoms with Gasteiger partial charge in [-0.15, -0.1) is 0 Å². The molecule has 1 N–H and O–H groups in total. The molecule has 1 amide bonds. The first kappa shape index (κ1) is 20.8. The largest absolute Gasteiger partial charge is 0.457 e. The number of hydrogen-bond acceptors (Lipinski definition) is 4. The molecule has 0 spiro atoms. The minimum Gasteiger partial charge on any atom is -0.457 e. The number of nitrogens with one attached hydrogen (secondary N) is 1. The fourth-order valence-corrected chi connectivity index (χ4v) is 3.16. The summed E-state index contributed by atoms with van der Waals surface area (Å²) >= 11 is 0. The van der Waals surface area contributed by atoms with E-state index in [9.17, 15) is 13.2 Å². The lowest BCUT2D eigenvalue weighted by Crippen LogP contribution is -2.44. The second-order valence-corrected chi connectivity index (χ2v) is 8.69. The van der Waals surface area contributed by atoms with Crippen LogP contribution in [0.4, 0.5) is 5.69 Å². The molecular formula is C20H26N2O4S. The summed E-state index contributed by atoms with van der Waals surface area (Å²) in [4.78, 5) is 12.3. The maximum absolute atomic E-state index is 12.3. The number of rotatable bonds is 8. The van der Waals surface area contributed by atoms with Crippen LogP contribution in [-0.2, 0) is 14.8 Å². The van der Waals surface area contributed by atoms with Gasteiger partial charge in [-0.3, -0.25) is 9.10 Å². The minimum atomic E-state index is -3.61. The summed E-state index contributed by atoms with van der Waals surface area (Å²) in [5, 5.41) is 2.83. The minimum absolute atomic E-state index is 0.0411. The molecule has 0 aliphatic rings. The van der Waals surface area contributed by atoms with Crippen molar-refractivity contribution >= 4 is 21.6 Å². The maximum Gasteiger partial charge on any atom is 0.240 e. The Balaban J connectivity index is 2.13. The zero-order valence-corrected chi connectivity index (χ0v) is 16.9. The normalized spacial score (nSPS) is 12.5. The van der Waals surface area contributed by atoms with Gasteiger partial charge in [0.25, 0.3) is 0 Å². The standard InChI is InChI=1S/C20H26N2O4S/c1-15(2)16(3)21-20(23)14-22(27(4,24)25)17-10-12-19(13-11-17)26-18-8-6-5-7-9-18/h5-13,15-16H,14H2,1-4H3,(H,21,23)/t16-/m0/s1. The van der Waals surface area contributed by atoms with Gasteiger partial charge in [0.2, 0.25) is 15.9 Å². The van der Waals surface area contributed by atoms with E-state index in [1.54, 1.807) is 24.3 Å². The van der Waals surface area contributed by atoms with Crippen molar-refractivity contribution in [2.45, 2.75) is 26.8 Å². The van der Waals surface area contributed by atoms with Crippen LogP contribution in [0.5, 0.6) is 11.5 Å². The molecule has 7 heteroatoms. The molecule has 0 saturated carbocycles. The third-order valence-electron chi connectivity index (χ3n) is 4.18. The quantitative estimate of drug-likeness (QED) is 0.749. The predicted octanol–water partition coefficient (Wildman–Crippen LogP) is 3.41. The van der Waals surface area contributed by atoms with Gasteiger partial charge in [-0.1, -0.05) is 32.0 Å². The molecule has 27 heavy (non-hydrogen) atoms. The fraction of sp³-hybridized carbons (Fsp3) is 0.350. The second-order valence-electron chi connectivity index (χ2n) is 6.78. The lowest BCUT2D eigenvalue weighted by Gasteiger charge is -2.24. The maximum atomic E-state index is 12.3. The summed E-state index contributed by atoms with van der Waals surface area (Å²) in [6.45, 7) is 5.60. The number of carbonyl (C=O) groups excluding carboxylic acids is 1. The summed E-state index contributed by atoms with van der Waals surface area (Å²) < 4.78 is 31.2. The Kier molecular flexibility index (Phi) is 6.85. The smallest absolute Gasteiger partial charge is 0.240 e. The lowest BCUT2D eigenvalue weighted by atomic mass is 10.1. The van der Waals surface area contributed by atoms with Crippen LogP contribution in [0.3, 0.4) is 0 Å². The van der Waals surface area contributed by atoms with Crippen molar-refractivity contribution in [3.8, 4) is 11.5 Å². The summed E-state index contributed by atoms with van der Waals surface area (Å²) in [6, 6.07) is 15.8. The molecule has 0 fully saturated rings. The van der Waals surface area contributed by atoms with E-state index in [1.807, 2.05) is 51.1 Å². The van der Waals surface area contributed by atoms with Crippen molar-refractivity contribution in [1.82, 2.24) is 5.32 Å². The first-order valence-corrected chi connectivity index (χ1v) is 10.6. The van der Waals surface area contributed by atoms with Gasteiger partial charge in [-0.25, -0.2) is 8.42 Å².